The molecule has 0 spiro atoms. The molecule has 1 aromatic carbocycles. The van der Waals surface area contributed by atoms with Crippen LogP contribution in [-0.4, -0.2) is 5.75 Å². The van der Waals surface area contributed by atoms with Gasteiger partial charge in [-0.15, -0.1) is 11.3 Å². The molecule has 2 heterocycles. The van der Waals surface area contributed by atoms with E-state index in [1.165, 1.54) is 25.0 Å². The van der Waals surface area contributed by atoms with Crippen molar-refractivity contribution < 1.29 is 0 Å². The average Bonchev–Trinajstić information content (AvgIpc) is 3.00. The molecule has 2 heteroatoms. The maximum absolute atomic E-state index is 2.38. The van der Waals surface area contributed by atoms with Crippen molar-refractivity contribution in [2.75, 3.05) is 5.75 Å². The number of thioether (sulfide) groups is 1. The smallest absolute Gasteiger partial charge is 0.0425 e. The van der Waals surface area contributed by atoms with Crippen LogP contribution >= 0.6 is 23.1 Å². The largest absolute Gasteiger partial charge is 0.153 e. The third-order valence-corrected chi connectivity index (χ3v) is 7.20. The highest BCUT2D eigenvalue weighted by atomic mass is 32.2. The summed E-state index contributed by atoms with van der Waals surface area (Å²) in [6.07, 6.45) is 4.02. The number of benzene rings is 1. The molecule has 0 N–H and O–H groups in total. The van der Waals surface area contributed by atoms with Gasteiger partial charge in [-0.25, -0.2) is 0 Å². The van der Waals surface area contributed by atoms with Crippen molar-refractivity contribution in [1.29, 1.82) is 0 Å². The van der Waals surface area contributed by atoms with Gasteiger partial charge in [-0.3, -0.25) is 0 Å². The van der Waals surface area contributed by atoms with Gasteiger partial charge in [-0.1, -0.05) is 30.3 Å². The lowest BCUT2D eigenvalue weighted by Crippen LogP contribution is -2.28. The zero-order chi connectivity index (χ0) is 12.7. The third kappa shape index (κ3) is 2.05. The zero-order valence-corrected chi connectivity index (χ0v) is 12.6. The van der Waals surface area contributed by atoms with E-state index in [1.54, 1.807) is 16.0 Å². The molecule has 1 saturated heterocycles. The molecule has 2 aromatic rings. The summed E-state index contributed by atoms with van der Waals surface area (Å²) in [4.78, 5) is 1.60. The van der Waals surface area contributed by atoms with E-state index < -0.39 is 0 Å². The second-order valence-electron chi connectivity index (χ2n) is 5.60. The fourth-order valence-electron chi connectivity index (χ4n) is 3.80. The van der Waals surface area contributed by atoms with E-state index in [0.29, 0.717) is 0 Å². The summed E-state index contributed by atoms with van der Waals surface area (Å²) >= 11 is 4.14. The number of hydrogen-bond acceptors (Lipinski definition) is 2. The van der Waals surface area contributed by atoms with Crippen LogP contribution in [0.4, 0.5) is 0 Å². The van der Waals surface area contributed by atoms with Crippen molar-refractivity contribution in [3.8, 4) is 0 Å². The minimum atomic E-state index is 0.743. The molecule has 0 saturated carbocycles. The lowest BCUT2D eigenvalue weighted by Gasteiger charge is -2.41. The maximum atomic E-state index is 2.38. The van der Waals surface area contributed by atoms with Crippen molar-refractivity contribution >= 4 is 23.1 Å². The lowest BCUT2D eigenvalue weighted by atomic mass is 9.72. The third-order valence-electron chi connectivity index (χ3n) is 4.66. The van der Waals surface area contributed by atoms with E-state index in [0.717, 1.165) is 17.1 Å². The maximum Gasteiger partial charge on any atom is 0.0425 e. The van der Waals surface area contributed by atoms with Gasteiger partial charge in [0, 0.05) is 10.1 Å². The molecular weight excluding hydrogens is 268 g/mol. The number of hydrogen-bond donors (Lipinski definition) is 0. The summed E-state index contributed by atoms with van der Waals surface area (Å²) in [6.45, 7) is 0. The predicted octanol–water partition coefficient (Wildman–Crippen LogP) is 5.27. The molecule has 0 nitrogen and oxygen atoms in total. The molecule has 98 valence electrons. The highest BCUT2D eigenvalue weighted by Gasteiger charge is 2.38. The Morgan fingerprint density at radius 2 is 1.95 bits per heavy atom. The second-order valence-corrected chi connectivity index (χ2v) is 7.83. The lowest BCUT2D eigenvalue weighted by molar-refractivity contribution is 0.348. The van der Waals surface area contributed by atoms with Crippen molar-refractivity contribution in [2.24, 2.45) is 5.92 Å². The Balaban J connectivity index is 1.71. The monoisotopic (exact) mass is 286 g/mol. The van der Waals surface area contributed by atoms with Crippen molar-refractivity contribution in [2.45, 2.75) is 30.4 Å². The number of rotatable bonds is 1. The second kappa shape index (κ2) is 4.99. The summed E-state index contributed by atoms with van der Waals surface area (Å²) in [5.74, 6) is 2.98. The van der Waals surface area contributed by atoms with Crippen molar-refractivity contribution in [3.05, 3.63) is 57.8 Å². The zero-order valence-electron chi connectivity index (χ0n) is 10.9. The minimum absolute atomic E-state index is 0.743. The van der Waals surface area contributed by atoms with Crippen LogP contribution < -0.4 is 0 Å². The number of aryl methyl sites for hydroxylation is 1. The van der Waals surface area contributed by atoms with E-state index in [-0.39, 0.29) is 0 Å². The molecule has 0 radical (unpaired) electrons. The number of fused-ring (bicyclic) bond motifs is 3. The molecule has 2 aliphatic rings. The number of thiophene rings is 1. The molecule has 0 bridgehead atoms. The molecule has 1 aromatic heterocycles. The summed E-state index contributed by atoms with van der Waals surface area (Å²) in [5.41, 5.74) is 3.26. The predicted molar refractivity (Wildman–Crippen MR) is 85.1 cm³/mol. The van der Waals surface area contributed by atoms with E-state index in [4.69, 9.17) is 0 Å². The molecule has 4 rings (SSSR count). The van der Waals surface area contributed by atoms with Crippen LogP contribution in [0.1, 0.15) is 40.0 Å². The Morgan fingerprint density at radius 1 is 1.00 bits per heavy atom. The van der Waals surface area contributed by atoms with Gasteiger partial charge in [0.15, 0.2) is 0 Å². The Bertz CT molecular complexity index is 558. The highest BCUT2D eigenvalue weighted by molar-refractivity contribution is 7.99. The molecule has 0 unspecified atom stereocenters. The first-order valence-corrected chi connectivity index (χ1v) is 9.09. The van der Waals surface area contributed by atoms with Gasteiger partial charge in [0.2, 0.25) is 0 Å². The van der Waals surface area contributed by atoms with Crippen LogP contribution in [0.5, 0.6) is 0 Å². The standard InChI is InChI=1S/C17H18S2/c1-2-5-13-12(4-1)7-8-15-14(13)9-11-19-17(15)16-6-3-10-18-16/h1-6,10,14-15,17H,7-9,11H2/t14-,15-,17-/m0/s1. The first kappa shape index (κ1) is 12.0. The summed E-state index contributed by atoms with van der Waals surface area (Å²) < 4.78 is 0. The van der Waals surface area contributed by atoms with Crippen LogP contribution in [0.2, 0.25) is 0 Å². The molecular formula is C17H18S2. The first-order chi connectivity index (χ1) is 9.43. The van der Waals surface area contributed by atoms with E-state index in [1.807, 2.05) is 11.3 Å². The van der Waals surface area contributed by atoms with Gasteiger partial charge in [0.05, 0.1) is 0 Å². The van der Waals surface area contributed by atoms with Crippen LogP contribution in [0.25, 0.3) is 0 Å². The van der Waals surface area contributed by atoms with Crippen LogP contribution in [0.3, 0.4) is 0 Å². The average molecular weight is 286 g/mol. The SMILES string of the molecule is c1csc([C@H]2SCC[C@H]3c4ccccc4CC[C@H]23)c1. The topological polar surface area (TPSA) is 0 Å². The molecule has 3 atom stereocenters. The Hall–Kier alpha value is -0.730. The van der Waals surface area contributed by atoms with Crippen molar-refractivity contribution in [3.63, 3.8) is 0 Å². The Labute approximate surface area is 123 Å². The Kier molecular flexibility index (Phi) is 3.16. The fourth-order valence-corrected chi connectivity index (χ4v) is 6.41. The van der Waals surface area contributed by atoms with Gasteiger partial charge >= 0.3 is 0 Å². The van der Waals surface area contributed by atoms with Crippen LogP contribution in [0.15, 0.2) is 41.8 Å². The van der Waals surface area contributed by atoms with E-state index in [2.05, 4.69) is 53.5 Å². The Morgan fingerprint density at radius 3 is 2.84 bits per heavy atom. The quantitative estimate of drug-likeness (QED) is 0.688. The minimum Gasteiger partial charge on any atom is -0.153 e. The molecule has 1 aliphatic heterocycles. The summed E-state index contributed by atoms with van der Waals surface area (Å²) in [5, 5.41) is 2.98. The van der Waals surface area contributed by atoms with E-state index >= 15 is 0 Å². The summed E-state index contributed by atoms with van der Waals surface area (Å²) in [6, 6.07) is 13.7. The highest BCUT2D eigenvalue weighted by Crippen LogP contribution is 2.54. The van der Waals surface area contributed by atoms with Gasteiger partial charge in [-0.2, -0.15) is 11.8 Å². The van der Waals surface area contributed by atoms with Gasteiger partial charge in [-0.05, 0) is 59.4 Å². The fraction of sp³-hybridized carbons (Fsp3) is 0.412. The molecule has 1 fully saturated rings. The van der Waals surface area contributed by atoms with Crippen LogP contribution in [-0.2, 0) is 6.42 Å². The normalized spacial score (nSPS) is 29.6. The summed E-state index contributed by atoms with van der Waals surface area (Å²) in [7, 11) is 0. The van der Waals surface area contributed by atoms with E-state index in [9.17, 15) is 0 Å². The first-order valence-electron chi connectivity index (χ1n) is 7.16. The molecule has 1 aliphatic carbocycles. The van der Waals surface area contributed by atoms with Crippen molar-refractivity contribution in [1.82, 2.24) is 0 Å². The van der Waals surface area contributed by atoms with Gasteiger partial charge in [0.25, 0.3) is 0 Å². The van der Waals surface area contributed by atoms with Gasteiger partial charge in [0.1, 0.15) is 0 Å². The van der Waals surface area contributed by atoms with Gasteiger partial charge < -0.3 is 0 Å². The molecule has 19 heavy (non-hydrogen) atoms. The molecule has 0 amide bonds. The van der Waals surface area contributed by atoms with Crippen LogP contribution in [0, 0.1) is 5.92 Å².